The maximum atomic E-state index is 12.4. The molecule has 1 N–H and O–H groups in total. The van der Waals surface area contributed by atoms with Crippen LogP contribution in [0.5, 0.6) is 0 Å². The summed E-state index contributed by atoms with van der Waals surface area (Å²) in [5.41, 5.74) is 0.822. The first-order valence-electron chi connectivity index (χ1n) is 7.07. The maximum absolute atomic E-state index is 12.4. The Labute approximate surface area is 151 Å². The highest BCUT2D eigenvalue weighted by Gasteiger charge is 2.29. The van der Waals surface area contributed by atoms with Gasteiger partial charge in [0.25, 0.3) is 0 Å². The maximum Gasteiger partial charge on any atom is 0.238 e. The molecular formula is C16H15BrN2O2S2. The second kappa shape index (κ2) is 7.07. The van der Waals surface area contributed by atoms with E-state index >= 15 is 0 Å². The summed E-state index contributed by atoms with van der Waals surface area (Å²) in [7, 11) is 1.77. The van der Waals surface area contributed by atoms with Gasteiger partial charge in [0.1, 0.15) is 0 Å². The van der Waals surface area contributed by atoms with Gasteiger partial charge >= 0.3 is 0 Å². The van der Waals surface area contributed by atoms with Crippen LogP contribution in [0.4, 0.5) is 5.69 Å². The first-order valence-corrected chi connectivity index (χ1v) is 9.56. The van der Waals surface area contributed by atoms with E-state index in [2.05, 4.69) is 21.2 Å². The molecule has 7 heteroatoms. The number of nitrogens with zero attached hydrogens (tertiary/aromatic N) is 1. The predicted molar refractivity (Wildman–Crippen MR) is 97.8 cm³/mol. The minimum absolute atomic E-state index is 0.0263. The fraction of sp³-hybridized carbons (Fsp3) is 0.250. The van der Waals surface area contributed by atoms with Crippen LogP contribution in [0.15, 0.2) is 45.1 Å². The zero-order valence-electron chi connectivity index (χ0n) is 12.4. The Morgan fingerprint density at radius 3 is 2.83 bits per heavy atom. The summed E-state index contributed by atoms with van der Waals surface area (Å²) in [5, 5.41) is 2.49. The third kappa shape index (κ3) is 3.97. The molecule has 120 valence electrons. The summed E-state index contributed by atoms with van der Waals surface area (Å²) in [4.78, 5) is 28.4. The average Bonchev–Trinajstić information content (AvgIpc) is 2.93. The summed E-state index contributed by atoms with van der Waals surface area (Å²) >= 11 is 6.49. The van der Waals surface area contributed by atoms with Crippen LogP contribution >= 0.6 is 39.0 Å². The fourth-order valence-corrected chi connectivity index (χ4v) is 4.94. The van der Waals surface area contributed by atoms with Crippen LogP contribution in [0.1, 0.15) is 11.3 Å². The number of thiophene rings is 1. The molecule has 1 aromatic carbocycles. The number of amides is 2. The van der Waals surface area contributed by atoms with E-state index in [0.29, 0.717) is 6.54 Å². The molecule has 0 aliphatic carbocycles. The molecular weight excluding hydrogens is 396 g/mol. The standard InChI is InChI=1S/C16H15BrN2O2S2/c1-19(9-10-6-7-14(17)22-10)15(20)8-13-16(21)18-11-4-2-3-5-12(11)23-13/h2-7,13H,8-9H2,1H3,(H,18,21)/t13-/m1/s1. The first kappa shape index (κ1) is 16.5. The van der Waals surface area contributed by atoms with Crippen LogP contribution < -0.4 is 5.32 Å². The molecule has 0 radical (unpaired) electrons. The summed E-state index contributed by atoms with van der Waals surface area (Å²) in [5.74, 6) is -0.129. The number of para-hydroxylation sites is 1. The van der Waals surface area contributed by atoms with E-state index in [9.17, 15) is 9.59 Å². The molecule has 3 rings (SSSR count). The van der Waals surface area contributed by atoms with Gasteiger partial charge in [-0.15, -0.1) is 23.1 Å². The molecule has 0 fully saturated rings. The van der Waals surface area contributed by atoms with E-state index in [0.717, 1.165) is 19.2 Å². The van der Waals surface area contributed by atoms with Crippen molar-refractivity contribution in [1.82, 2.24) is 4.90 Å². The van der Waals surface area contributed by atoms with E-state index in [-0.39, 0.29) is 23.5 Å². The van der Waals surface area contributed by atoms with E-state index in [1.165, 1.54) is 11.8 Å². The van der Waals surface area contributed by atoms with Crippen LogP contribution in [-0.4, -0.2) is 29.0 Å². The second-order valence-corrected chi connectivity index (χ2v) is 9.04. The Kier molecular flexibility index (Phi) is 5.08. The average molecular weight is 411 g/mol. The number of carbonyl (C=O) groups excluding carboxylic acids is 2. The number of halogens is 1. The van der Waals surface area contributed by atoms with Gasteiger partial charge in [-0.25, -0.2) is 0 Å². The lowest BCUT2D eigenvalue weighted by Gasteiger charge is -2.25. The van der Waals surface area contributed by atoms with Crippen LogP contribution in [0, 0.1) is 0 Å². The number of hydrogen-bond acceptors (Lipinski definition) is 4. The molecule has 1 atom stereocenters. The molecule has 0 spiro atoms. The molecule has 0 saturated carbocycles. The molecule has 2 amide bonds. The zero-order valence-corrected chi connectivity index (χ0v) is 15.6. The number of benzene rings is 1. The quantitative estimate of drug-likeness (QED) is 0.829. The van der Waals surface area contributed by atoms with E-state index in [1.807, 2.05) is 36.4 Å². The Bertz CT molecular complexity index is 747. The number of carbonyl (C=O) groups is 2. The third-order valence-electron chi connectivity index (χ3n) is 3.51. The molecule has 0 unspecified atom stereocenters. The predicted octanol–water partition coefficient (Wildman–Crippen LogP) is 3.97. The minimum Gasteiger partial charge on any atom is -0.341 e. The Balaban J connectivity index is 1.62. The van der Waals surface area contributed by atoms with Crippen molar-refractivity contribution in [2.75, 3.05) is 12.4 Å². The number of fused-ring (bicyclic) bond motifs is 1. The van der Waals surface area contributed by atoms with Gasteiger partial charge in [0, 0.05) is 23.2 Å². The van der Waals surface area contributed by atoms with Gasteiger partial charge in [0.2, 0.25) is 11.8 Å². The molecule has 0 saturated heterocycles. The highest BCUT2D eigenvalue weighted by Crippen LogP contribution is 2.36. The lowest BCUT2D eigenvalue weighted by atomic mass is 10.2. The Morgan fingerprint density at radius 2 is 2.09 bits per heavy atom. The zero-order chi connectivity index (χ0) is 16.4. The molecule has 0 bridgehead atoms. The summed E-state index contributed by atoms with van der Waals surface area (Å²) in [6.45, 7) is 0.560. The summed E-state index contributed by atoms with van der Waals surface area (Å²) in [6.07, 6.45) is 0.202. The van der Waals surface area contributed by atoms with Gasteiger partial charge in [-0.05, 0) is 40.2 Å². The first-order chi connectivity index (χ1) is 11.0. The monoisotopic (exact) mass is 410 g/mol. The Hall–Kier alpha value is -1.31. The van der Waals surface area contributed by atoms with Crippen molar-refractivity contribution < 1.29 is 9.59 Å². The SMILES string of the molecule is CN(Cc1ccc(Br)s1)C(=O)C[C@H]1Sc2ccccc2NC1=O. The van der Waals surface area contributed by atoms with Crippen molar-refractivity contribution in [1.29, 1.82) is 0 Å². The molecule has 2 heterocycles. The molecule has 1 aliphatic rings. The Morgan fingerprint density at radius 1 is 1.30 bits per heavy atom. The molecule has 23 heavy (non-hydrogen) atoms. The summed E-state index contributed by atoms with van der Waals surface area (Å²) < 4.78 is 1.05. The van der Waals surface area contributed by atoms with Gasteiger partial charge in [-0.3, -0.25) is 9.59 Å². The van der Waals surface area contributed by atoms with Gasteiger partial charge in [-0.1, -0.05) is 12.1 Å². The van der Waals surface area contributed by atoms with Crippen LogP contribution in [-0.2, 0) is 16.1 Å². The molecule has 1 aromatic heterocycles. The van der Waals surface area contributed by atoms with Crippen LogP contribution in [0.2, 0.25) is 0 Å². The normalized spacial score (nSPS) is 16.6. The van der Waals surface area contributed by atoms with Crippen molar-refractivity contribution in [3.05, 3.63) is 45.1 Å². The van der Waals surface area contributed by atoms with E-state index in [4.69, 9.17) is 0 Å². The second-order valence-electron chi connectivity index (χ2n) is 5.25. The topological polar surface area (TPSA) is 49.4 Å². The van der Waals surface area contributed by atoms with E-state index in [1.54, 1.807) is 23.3 Å². The van der Waals surface area contributed by atoms with Crippen molar-refractivity contribution in [2.24, 2.45) is 0 Å². The lowest BCUT2D eigenvalue weighted by Crippen LogP contribution is -2.35. The smallest absolute Gasteiger partial charge is 0.238 e. The van der Waals surface area contributed by atoms with Crippen molar-refractivity contribution in [3.8, 4) is 0 Å². The molecule has 2 aromatic rings. The van der Waals surface area contributed by atoms with Crippen molar-refractivity contribution >= 4 is 56.5 Å². The molecule has 1 aliphatic heterocycles. The van der Waals surface area contributed by atoms with E-state index < -0.39 is 0 Å². The van der Waals surface area contributed by atoms with Gasteiger partial charge in [0.05, 0.1) is 21.3 Å². The number of hydrogen-bond donors (Lipinski definition) is 1. The number of thioether (sulfide) groups is 1. The van der Waals surface area contributed by atoms with Crippen molar-refractivity contribution in [2.45, 2.75) is 23.1 Å². The minimum atomic E-state index is -0.380. The number of nitrogens with one attached hydrogen (secondary N) is 1. The van der Waals surface area contributed by atoms with Crippen molar-refractivity contribution in [3.63, 3.8) is 0 Å². The number of rotatable bonds is 4. The third-order valence-corrected chi connectivity index (χ3v) is 6.40. The summed E-state index contributed by atoms with van der Waals surface area (Å²) in [6, 6.07) is 11.6. The molecule has 4 nitrogen and oxygen atoms in total. The highest BCUT2D eigenvalue weighted by molar-refractivity contribution is 9.11. The number of anilines is 1. The highest BCUT2D eigenvalue weighted by atomic mass is 79.9. The fourth-order valence-electron chi connectivity index (χ4n) is 2.30. The van der Waals surface area contributed by atoms with Gasteiger partial charge in [0.15, 0.2) is 0 Å². The largest absolute Gasteiger partial charge is 0.341 e. The van der Waals surface area contributed by atoms with Gasteiger partial charge < -0.3 is 10.2 Å². The lowest BCUT2D eigenvalue weighted by molar-refractivity contribution is -0.131. The van der Waals surface area contributed by atoms with Gasteiger partial charge in [-0.2, -0.15) is 0 Å². The van der Waals surface area contributed by atoms with Crippen LogP contribution in [0.3, 0.4) is 0 Å². The van der Waals surface area contributed by atoms with Crippen LogP contribution in [0.25, 0.3) is 0 Å².